The van der Waals surface area contributed by atoms with Crippen LogP contribution in [0.1, 0.15) is 39.4 Å². The summed E-state index contributed by atoms with van der Waals surface area (Å²) >= 11 is 0. The van der Waals surface area contributed by atoms with Crippen molar-refractivity contribution in [2.45, 2.75) is 33.3 Å². The molecule has 1 amide bonds. The van der Waals surface area contributed by atoms with E-state index in [1.165, 1.54) is 5.56 Å². The fraction of sp³-hybridized carbons (Fsp3) is 0.421. The first-order valence-electron chi connectivity index (χ1n) is 8.12. The quantitative estimate of drug-likeness (QED) is 0.943. The number of carbonyl (C=O) groups excluding carboxylic acids is 1. The Morgan fingerprint density at radius 2 is 1.96 bits per heavy atom. The number of hydrogen-bond acceptors (Lipinski definition) is 3. The number of furan rings is 1. The molecule has 3 rings (SSSR count). The molecule has 23 heavy (non-hydrogen) atoms. The lowest BCUT2D eigenvalue weighted by atomic mass is 9.98. The van der Waals surface area contributed by atoms with Crippen LogP contribution in [0.2, 0.25) is 0 Å². The summed E-state index contributed by atoms with van der Waals surface area (Å²) in [5, 5.41) is 9.09. The molecule has 1 aromatic heterocycles. The van der Waals surface area contributed by atoms with Crippen LogP contribution in [-0.4, -0.2) is 29.0 Å². The molecule has 0 saturated carbocycles. The van der Waals surface area contributed by atoms with Gasteiger partial charge in [-0.05, 0) is 49.8 Å². The molecule has 2 heterocycles. The zero-order chi connectivity index (χ0) is 16.4. The summed E-state index contributed by atoms with van der Waals surface area (Å²) in [6.45, 7) is 5.39. The van der Waals surface area contributed by atoms with Crippen LogP contribution in [0.3, 0.4) is 0 Å². The number of hydrogen-bond donors (Lipinski definition) is 1. The van der Waals surface area contributed by atoms with Gasteiger partial charge in [-0.2, -0.15) is 0 Å². The van der Waals surface area contributed by atoms with Crippen LogP contribution in [0.5, 0.6) is 0 Å². The fourth-order valence-corrected chi connectivity index (χ4v) is 3.31. The molecular weight excluding hydrogens is 290 g/mol. The third kappa shape index (κ3) is 3.48. The van der Waals surface area contributed by atoms with Crippen LogP contribution >= 0.6 is 0 Å². The minimum absolute atomic E-state index is 0.0788. The minimum atomic E-state index is 0.0788. The zero-order valence-electron chi connectivity index (χ0n) is 13.7. The molecule has 1 aliphatic heterocycles. The highest BCUT2D eigenvalue weighted by atomic mass is 16.3. The van der Waals surface area contributed by atoms with E-state index >= 15 is 0 Å². The molecule has 1 atom stereocenters. The fourth-order valence-electron chi connectivity index (χ4n) is 3.31. The van der Waals surface area contributed by atoms with E-state index in [0.717, 1.165) is 37.3 Å². The molecule has 4 heteroatoms. The summed E-state index contributed by atoms with van der Waals surface area (Å²) in [6.07, 6.45) is 2.00. The Morgan fingerprint density at radius 3 is 2.57 bits per heavy atom. The molecule has 1 fully saturated rings. The van der Waals surface area contributed by atoms with Crippen LogP contribution in [0.25, 0.3) is 0 Å². The molecule has 4 nitrogen and oxygen atoms in total. The number of rotatable bonds is 4. The second-order valence-electron chi connectivity index (χ2n) is 6.41. The summed E-state index contributed by atoms with van der Waals surface area (Å²) < 4.78 is 5.47. The van der Waals surface area contributed by atoms with Crippen molar-refractivity contribution in [2.75, 3.05) is 13.1 Å². The van der Waals surface area contributed by atoms with E-state index in [0.29, 0.717) is 17.2 Å². The summed E-state index contributed by atoms with van der Waals surface area (Å²) in [5.41, 5.74) is 2.88. The maximum Gasteiger partial charge on any atom is 0.257 e. The van der Waals surface area contributed by atoms with Gasteiger partial charge in [-0.25, -0.2) is 0 Å². The van der Waals surface area contributed by atoms with E-state index in [9.17, 15) is 4.79 Å². The smallest absolute Gasteiger partial charge is 0.257 e. The first-order valence-corrected chi connectivity index (χ1v) is 8.12. The number of nitrogens with zero attached hydrogens (tertiary/aromatic N) is 1. The van der Waals surface area contributed by atoms with Crippen molar-refractivity contribution in [3.63, 3.8) is 0 Å². The van der Waals surface area contributed by atoms with Crippen LogP contribution in [0.4, 0.5) is 0 Å². The molecule has 0 radical (unpaired) electrons. The molecule has 0 bridgehead atoms. The summed E-state index contributed by atoms with van der Waals surface area (Å²) in [6, 6.07) is 9.90. The number of carbonyl (C=O) groups is 1. The summed E-state index contributed by atoms with van der Waals surface area (Å²) in [4.78, 5) is 14.5. The molecule has 0 aliphatic carbocycles. The molecule has 1 aliphatic rings. The van der Waals surface area contributed by atoms with Crippen LogP contribution < -0.4 is 0 Å². The van der Waals surface area contributed by atoms with Crippen molar-refractivity contribution in [3.05, 3.63) is 58.5 Å². The molecular formula is C19H23NO3. The number of aliphatic hydroxyl groups is 1. The van der Waals surface area contributed by atoms with Gasteiger partial charge in [-0.3, -0.25) is 4.79 Å². The largest absolute Gasteiger partial charge is 0.466 e. The van der Waals surface area contributed by atoms with Gasteiger partial charge in [0.1, 0.15) is 11.5 Å². The Labute approximate surface area is 136 Å². The number of benzene rings is 1. The third-order valence-electron chi connectivity index (χ3n) is 4.57. The lowest BCUT2D eigenvalue weighted by Crippen LogP contribution is -2.29. The third-order valence-corrected chi connectivity index (χ3v) is 4.57. The van der Waals surface area contributed by atoms with Crippen LogP contribution in [0, 0.1) is 19.8 Å². The molecule has 0 spiro atoms. The molecule has 0 unspecified atom stereocenters. The van der Waals surface area contributed by atoms with Gasteiger partial charge in [-0.15, -0.1) is 0 Å². The Hall–Kier alpha value is -2.07. The highest BCUT2D eigenvalue weighted by Gasteiger charge is 2.28. The van der Waals surface area contributed by atoms with E-state index in [4.69, 9.17) is 9.52 Å². The Morgan fingerprint density at radius 1 is 1.26 bits per heavy atom. The Bertz CT molecular complexity index is 687. The maximum absolute atomic E-state index is 12.6. The van der Waals surface area contributed by atoms with Gasteiger partial charge in [0.2, 0.25) is 0 Å². The van der Waals surface area contributed by atoms with Crippen molar-refractivity contribution in [1.82, 2.24) is 4.90 Å². The topological polar surface area (TPSA) is 53.7 Å². The Balaban J connectivity index is 1.61. The summed E-state index contributed by atoms with van der Waals surface area (Å²) in [7, 11) is 0. The number of amides is 1. The Kier molecular flexibility index (Phi) is 4.53. The lowest BCUT2D eigenvalue weighted by Gasteiger charge is -2.16. The molecule has 1 aromatic carbocycles. The average molecular weight is 313 g/mol. The van der Waals surface area contributed by atoms with Gasteiger partial charge >= 0.3 is 0 Å². The van der Waals surface area contributed by atoms with Crippen molar-refractivity contribution in [1.29, 1.82) is 0 Å². The number of aryl methyl sites for hydroxylation is 2. The van der Waals surface area contributed by atoms with Gasteiger partial charge in [0.25, 0.3) is 5.91 Å². The normalized spacial score (nSPS) is 17.7. The molecule has 2 aromatic rings. The van der Waals surface area contributed by atoms with Gasteiger partial charge in [0, 0.05) is 13.1 Å². The standard InChI is InChI=1S/C19H23NO3/c1-13-9-18(14(2)23-13)19(22)20-8-7-17(11-20)10-15-3-5-16(12-21)6-4-15/h3-6,9,17,21H,7-8,10-12H2,1-2H3/t17-/m1/s1. The predicted octanol–water partition coefficient (Wildman–Crippen LogP) is 3.09. The van der Waals surface area contributed by atoms with Gasteiger partial charge in [0.05, 0.1) is 12.2 Å². The van der Waals surface area contributed by atoms with E-state index in [1.807, 2.05) is 36.9 Å². The molecule has 1 N–H and O–H groups in total. The summed E-state index contributed by atoms with van der Waals surface area (Å²) in [5.74, 6) is 2.06. The SMILES string of the molecule is Cc1cc(C(=O)N2CC[C@H](Cc3ccc(CO)cc3)C2)c(C)o1. The maximum atomic E-state index is 12.6. The molecule has 1 saturated heterocycles. The van der Waals surface area contributed by atoms with Crippen molar-refractivity contribution in [2.24, 2.45) is 5.92 Å². The van der Waals surface area contributed by atoms with Crippen molar-refractivity contribution in [3.8, 4) is 0 Å². The minimum Gasteiger partial charge on any atom is -0.466 e. The highest BCUT2D eigenvalue weighted by molar-refractivity contribution is 5.95. The van der Waals surface area contributed by atoms with E-state index in [2.05, 4.69) is 12.1 Å². The second-order valence-corrected chi connectivity index (χ2v) is 6.41. The predicted molar refractivity (Wildman–Crippen MR) is 88.3 cm³/mol. The van der Waals surface area contributed by atoms with Crippen molar-refractivity contribution < 1.29 is 14.3 Å². The first-order chi connectivity index (χ1) is 11.1. The highest BCUT2D eigenvalue weighted by Crippen LogP contribution is 2.24. The zero-order valence-corrected chi connectivity index (χ0v) is 13.7. The van der Waals surface area contributed by atoms with Crippen molar-refractivity contribution >= 4 is 5.91 Å². The van der Waals surface area contributed by atoms with Crippen LogP contribution in [0.15, 0.2) is 34.7 Å². The van der Waals surface area contributed by atoms with Gasteiger partial charge in [-0.1, -0.05) is 24.3 Å². The average Bonchev–Trinajstić information content (AvgIpc) is 3.14. The van der Waals surface area contributed by atoms with Gasteiger partial charge < -0.3 is 14.4 Å². The van der Waals surface area contributed by atoms with E-state index in [-0.39, 0.29) is 12.5 Å². The van der Waals surface area contributed by atoms with E-state index in [1.54, 1.807) is 0 Å². The number of likely N-dealkylation sites (tertiary alicyclic amines) is 1. The monoisotopic (exact) mass is 313 g/mol. The first kappa shape index (κ1) is 15.8. The van der Waals surface area contributed by atoms with E-state index < -0.39 is 0 Å². The second kappa shape index (κ2) is 6.59. The molecule has 122 valence electrons. The van der Waals surface area contributed by atoms with Crippen LogP contribution in [-0.2, 0) is 13.0 Å². The lowest BCUT2D eigenvalue weighted by molar-refractivity contribution is 0.0785. The number of aliphatic hydroxyl groups excluding tert-OH is 1. The van der Waals surface area contributed by atoms with Gasteiger partial charge in [0.15, 0.2) is 0 Å².